The normalized spacial score (nSPS) is 10.9. The smallest absolute Gasteiger partial charge is 0.220 e. The Balaban J connectivity index is 1.70. The van der Waals surface area contributed by atoms with Gasteiger partial charge in [-0.2, -0.15) is 0 Å². The van der Waals surface area contributed by atoms with Crippen LogP contribution in [0.3, 0.4) is 0 Å². The number of hydrogen-bond acceptors (Lipinski definition) is 5. The molecule has 0 aliphatic heterocycles. The molecule has 3 rings (SSSR count). The molecule has 0 atom stereocenters. The molecule has 2 aromatic heterocycles. The van der Waals surface area contributed by atoms with Crippen molar-refractivity contribution in [2.75, 3.05) is 12.3 Å². The molecule has 0 aliphatic rings. The molecule has 0 aliphatic carbocycles. The molecule has 2 heterocycles. The van der Waals surface area contributed by atoms with E-state index in [0.717, 1.165) is 48.0 Å². The zero-order valence-corrected chi connectivity index (χ0v) is 17.2. The number of carbonyl (C=O) groups is 1. The first kappa shape index (κ1) is 20.2. The molecule has 0 saturated heterocycles. The molecule has 1 amide bonds. The SMILES string of the molecule is CCCCNC(=O)CCCSc1nnc(-c2ccco2)n1-c1ccccc1C. The van der Waals surface area contributed by atoms with E-state index in [9.17, 15) is 4.79 Å². The van der Waals surface area contributed by atoms with Crippen LogP contribution >= 0.6 is 11.8 Å². The highest BCUT2D eigenvalue weighted by Crippen LogP contribution is 2.29. The predicted octanol–water partition coefficient (Wildman–Crippen LogP) is 4.62. The van der Waals surface area contributed by atoms with Crippen LogP contribution in [0.15, 0.2) is 52.2 Å². The van der Waals surface area contributed by atoms with Crippen LogP contribution in [-0.2, 0) is 4.79 Å². The summed E-state index contributed by atoms with van der Waals surface area (Å²) < 4.78 is 7.58. The van der Waals surface area contributed by atoms with E-state index in [1.807, 2.05) is 28.8 Å². The van der Waals surface area contributed by atoms with E-state index in [4.69, 9.17) is 4.42 Å². The van der Waals surface area contributed by atoms with Gasteiger partial charge in [-0.1, -0.05) is 43.3 Å². The molecule has 0 bridgehead atoms. The van der Waals surface area contributed by atoms with Gasteiger partial charge in [0.05, 0.1) is 12.0 Å². The van der Waals surface area contributed by atoms with Crippen molar-refractivity contribution >= 4 is 17.7 Å². The first-order valence-corrected chi connectivity index (χ1v) is 10.6. The van der Waals surface area contributed by atoms with E-state index in [0.29, 0.717) is 18.0 Å². The van der Waals surface area contributed by atoms with Crippen molar-refractivity contribution in [3.05, 3.63) is 48.2 Å². The monoisotopic (exact) mass is 398 g/mol. The number of amides is 1. The van der Waals surface area contributed by atoms with Crippen molar-refractivity contribution < 1.29 is 9.21 Å². The van der Waals surface area contributed by atoms with Gasteiger partial charge >= 0.3 is 0 Å². The van der Waals surface area contributed by atoms with Crippen LogP contribution < -0.4 is 5.32 Å². The zero-order chi connectivity index (χ0) is 19.8. The molecule has 0 fully saturated rings. The molecule has 28 heavy (non-hydrogen) atoms. The minimum atomic E-state index is 0.116. The lowest BCUT2D eigenvalue weighted by atomic mass is 10.2. The summed E-state index contributed by atoms with van der Waals surface area (Å²) in [5.41, 5.74) is 2.16. The Labute approximate surface area is 169 Å². The number of furan rings is 1. The van der Waals surface area contributed by atoms with Crippen LogP contribution in [0.1, 0.15) is 38.2 Å². The molecule has 7 heteroatoms. The van der Waals surface area contributed by atoms with Crippen molar-refractivity contribution in [1.29, 1.82) is 0 Å². The van der Waals surface area contributed by atoms with Crippen LogP contribution in [0, 0.1) is 6.92 Å². The second-order valence-corrected chi connectivity index (χ2v) is 7.62. The van der Waals surface area contributed by atoms with Crippen LogP contribution in [0.25, 0.3) is 17.3 Å². The number of nitrogens with zero attached hydrogens (tertiary/aromatic N) is 3. The predicted molar refractivity (Wildman–Crippen MR) is 112 cm³/mol. The highest BCUT2D eigenvalue weighted by molar-refractivity contribution is 7.99. The topological polar surface area (TPSA) is 73.0 Å². The third-order valence-corrected chi connectivity index (χ3v) is 5.38. The molecule has 1 N–H and O–H groups in total. The number of hydrogen-bond donors (Lipinski definition) is 1. The number of aryl methyl sites for hydroxylation is 1. The molecule has 6 nitrogen and oxygen atoms in total. The van der Waals surface area contributed by atoms with Gasteiger partial charge in [0, 0.05) is 18.7 Å². The van der Waals surface area contributed by atoms with E-state index < -0.39 is 0 Å². The number of unbranched alkanes of at least 4 members (excludes halogenated alkanes) is 1. The van der Waals surface area contributed by atoms with E-state index >= 15 is 0 Å². The van der Waals surface area contributed by atoms with Gasteiger partial charge in [0.15, 0.2) is 10.9 Å². The maximum absolute atomic E-state index is 11.9. The standard InChI is InChI=1S/C21H26N4O2S/c1-3-4-13-22-19(26)12-8-15-28-21-24-23-20(18-11-7-14-27-18)25(21)17-10-6-5-9-16(17)2/h5-7,9-11,14H,3-4,8,12-13,15H2,1-2H3,(H,22,26). The van der Waals surface area contributed by atoms with Crippen LogP contribution in [-0.4, -0.2) is 33.0 Å². The van der Waals surface area contributed by atoms with Crippen molar-refractivity contribution in [1.82, 2.24) is 20.1 Å². The molecular weight excluding hydrogens is 372 g/mol. The first-order chi connectivity index (χ1) is 13.7. The number of carbonyl (C=O) groups excluding carboxylic acids is 1. The van der Waals surface area contributed by atoms with Gasteiger partial charge < -0.3 is 9.73 Å². The maximum Gasteiger partial charge on any atom is 0.220 e. The fourth-order valence-electron chi connectivity index (χ4n) is 2.85. The average Bonchev–Trinajstić information content (AvgIpc) is 3.35. The first-order valence-electron chi connectivity index (χ1n) is 9.65. The second-order valence-electron chi connectivity index (χ2n) is 6.56. The third-order valence-electron chi connectivity index (χ3n) is 4.36. The molecular formula is C21H26N4O2S. The van der Waals surface area contributed by atoms with Crippen LogP contribution in [0.4, 0.5) is 0 Å². The summed E-state index contributed by atoms with van der Waals surface area (Å²) in [6.45, 7) is 4.94. The molecule has 0 spiro atoms. The molecule has 0 radical (unpaired) electrons. The molecule has 0 unspecified atom stereocenters. The molecule has 3 aromatic rings. The van der Waals surface area contributed by atoms with Gasteiger partial charge in [0.2, 0.25) is 11.7 Å². The van der Waals surface area contributed by atoms with Gasteiger partial charge in [0.25, 0.3) is 0 Å². The lowest BCUT2D eigenvalue weighted by Gasteiger charge is -2.11. The summed E-state index contributed by atoms with van der Waals surface area (Å²) in [4.78, 5) is 11.9. The Kier molecular flexibility index (Phi) is 7.31. The molecule has 148 valence electrons. The van der Waals surface area contributed by atoms with Gasteiger partial charge in [-0.05, 0) is 43.5 Å². The van der Waals surface area contributed by atoms with E-state index in [2.05, 4.69) is 41.5 Å². The third kappa shape index (κ3) is 5.04. The van der Waals surface area contributed by atoms with Gasteiger partial charge in [-0.15, -0.1) is 10.2 Å². The van der Waals surface area contributed by atoms with Gasteiger partial charge in [0.1, 0.15) is 0 Å². The zero-order valence-electron chi connectivity index (χ0n) is 16.4. The highest BCUT2D eigenvalue weighted by Gasteiger charge is 2.19. The van der Waals surface area contributed by atoms with E-state index in [-0.39, 0.29) is 5.91 Å². The number of thioether (sulfide) groups is 1. The Morgan fingerprint density at radius 3 is 2.79 bits per heavy atom. The maximum atomic E-state index is 11.9. The minimum Gasteiger partial charge on any atom is -0.461 e. The fourth-order valence-corrected chi connectivity index (χ4v) is 3.73. The Hall–Kier alpha value is -2.54. The fraction of sp³-hybridized carbons (Fsp3) is 0.381. The van der Waals surface area contributed by atoms with Crippen molar-refractivity contribution in [3.8, 4) is 17.3 Å². The lowest BCUT2D eigenvalue weighted by molar-refractivity contribution is -0.121. The van der Waals surface area contributed by atoms with Crippen molar-refractivity contribution in [2.45, 2.75) is 44.7 Å². The second kappa shape index (κ2) is 10.1. The summed E-state index contributed by atoms with van der Waals surface area (Å²) in [5.74, 6) is 2.27. The largest absolute Gasteiger partial charge is 0.461 e. The molecule has 1 aromatic carbocycles. The van der Waals surface area contributed by atoms with Crippen LogP contribution in [0.2, 0.25) is 0 Å². The number of rotatable bonds is 10. The van der Waals surface area contributed by atoms with Crippen LogP contribution in [0.5, 0.6) is 0 Å². The van der Waals surface area contributed by atoms with Gasteiger partial charge in [-0.25, -0.2) is 0 Å². The Morgan fingerprint density at radius 1 is 1.18 bits per heavy atom. The summed E-state index contributed by atoms with van der Waals surface area (Å²) in [6.07, 6.45) is 5.06. The Bertz CT molecular complexity index is 890. The summed E-state index contributed by atoms with van der Waals surface area (Å²) in [5, 5.41) is 12.5. The summed E-state index contributed by atoms with van der Waals surface area (Å²) in [6, 6.07) is 11.9. The number of benzene rings is 1. The number of aromatic nitrogens is 3. The molecule has 0 saturated carbocycles. The average molecular weight is 399 g/mol. The quantitative estimate of drug-likeness (QED) is 0.398. The Morgan fingerprint density at radius 2 is 2.04 bits per heavy atom. The number of para-hydroxylation sites is 1. The van der Waals surface area contributed by atoms with Gasteiger partial charge in [-0.3, -0.25) is 9.36 Å². The van der Waals surface area contributed by atoms with E-state index in [1.165, 1.54) is 0 Å². The summed E-state index contributed by atoms with van der Waals surface area (Å²) in [7, 11) is 0. The summed E-state index contributed by atoms with van der Waals surface area (Å²) >= 11 is 1.61. The lowest BCUT2D eigenvalue weighted by Crippen LogP contribution is -2.24. The van der Waals surface area contributed by atoms with Crippen molar-refractivity contribution in [2.24, 2.45) is 0 Å². The number of nitrogens with one attached hydrogen (secondary N) is 1. The highest BCUT2D eigenvalue weighted by atomic mass is 32.2. The minimum absolute atomic E-state index is 0.116. The van der Waals surface area contributed by atoms with Crippen molar-refractivity contribution in [3.63, 3.8) is 0 Å². The van der Waals surface area contributed by atoms with E-state index in [1.54, 1.807) is 18.0 Å².